The van der Waals surface area contributed by atoms with E-state index < -0.39 is 11.6 Å². The molecule has 0 unspecified atom stereocenters. The molecule has 1 rings (SSSR count). The van der Waals surface area contributed by atoms with Gasteiger partial charge in [-0.1, -0.05) is 0 Å². The second kappa shape index (κ2) is 6.13. The molecule has 0 fully saturated rings. The fourth-order valence-electron chi connectivity index (χ4n) is 1.28. The Morgan fingerprint density at radius 2 is 1.94 bits per heavy atom. The summed E-state index contributed by atoms with van der Waals surface area (Å²) in [6.45, 7) is 0.232. The Bertz CT molecular complexity index is 437. The molecule has 0 saturated carbocycles. The summed E-state index contributed by atoms with van der Waals surface area (Å²) >= 11 is 0. The molecule has 1 aromatic rings. The topological polar surface area (TPSA) is 57.3 Å². The van der Waals surface area contributed by atoms with Crippen molar-refractivity contribution >= 4 is 17.5 Å². The van der Waals surface area contributed by atoms with Crippen LogP contribution in [0.3, 0.4) is 0 Å². The summed E-state index contributed by atoms with van der Waals surface area (Å²) in [4.78, 5) is 16.5. The third-order valence-corrected chi connectivity index (χ3v) is 2.30. The highest BCUT2D eigenvalue weighted by atomic mass is 19.1. The molecule has 7 heteroatoms. The molecular weight excluding hydrogens is 242 g/mol. The van der Waals surface area contributed by atoms with Gasteiger partial charge in [0.1, 0.15) is 0 Å². The van der Waals surface area contributed by atoms with Crippen LogP contribution in [0, 0.1) is 11.6 Å². The Kier molecular flexibility index (Phi) is 4.82. The van der Waals surface area contributed by atoms with Gasteiger partial charge in [-0.2, -0.15) is 0 Å². The van der Waals surface area contributed by atoms with E-state index in [9.17, 15) is 13.6 Å². The van der Waals surface area contributed by atoms with Crippen molar-refractivity contribution in [3.05, 3.63) is 17.7 Å². The van der Waals surface area contributed by atoms with Crippen LogP contribution in [0.4, 0.5) is 20.4 Å². The molecule has 18 heavy (non-hydrogen) atoms. The number of halogens is 2. The van der Waals surface area contributed by atoms with Gasteiger partial charge in [0.15, 0.2) is 23.3 Å². The third-order valence-electron chi connectivity index (χ3n) is 2.30. The highest BCUT2D eigenvalue weighted by Crippen LogP contribution is 2.18. The zero-order chi connectivity index (χ0) is 13.7. The Morgan fingerprint density at radius 1 is 1.33 bits per heavy atom. The highest BCUT2D eigenvalue weighted by Gasteiger charge is 2.11. The highest BCUT2D eigenvalue weighted by molar-refractivity contribution is 5.76. The van der Waals surface area contributed by atoms with Gasteiger partial charge < -0.3 is 15.5 Å². The summed E-state index contributed by atoms with van der Waals surface area (Å²) in [5, 5.41) is 5.17. The van der Waals surface area contributed by atoms with Crippen molar-refractivity contribution in [3.63, 3.8) is 0 Å². The van der Waals surface area contributed by atoms with Crippen LogP contribution in [0.15, 0.2) is 6.07 Å². The van der Waals surface area contributed by atoms with Crippen LogP contribution in [-0.4, -0.2) is 43.5 Å². The van der Waals surface area contributed by atoms with E-state index in [1.807, 2.05) is 0 Å². The molecule has 0 aliphatic carbocycles. The molecule has 1 amide bonds. The predicted molar refractivity (Wildman–Crippen MR) is 65.5 cm³/mol. The van der Waals surface area contributed by atoms with Gasteiger partial charge in [0, 0.05) is 40.2 Å². The number of pyridine rings is 1. The molecule has 0 aliphatic rings. The monoisotopic (exact) mass is 258 g/mol. The molecule has 5 nitrogen and oxygen atoms in total. The quantitative estimate of drug-likeness (QED) is 0.835. The zero-order valence-corrected chi connectivity index (χ0v) is 10.6. The summed E-state index contributed by atoms with van der Waals surface area (Å²) in [5.41, 5.74) is 0. The van der Waals surface area contributed by atoms with E-state index in [2.05, 4.69) is 15.6 Å². The van der Waals surface area contributed by atoms with Crippen LogP contribution < -0.4 is 10.6 Å². The summed E-state index contributed by atoms with van der Waals surface area (Å²) in [6.07, 6.45) is 0.209. The Morgan fingerprint density at radius 3 is 2.50 bits per heavy atom. The number of nitrogens with zero attached hydrogens (tertiary/aromatic N) is 2. The first-order valence-corrected chi connectivity index (χ1v) is 5.43. The number of carbonyl (C=O) groups excluding carboxylic acids is 1. The normalized spacial score (nSPS) is 10.1. The Hall–Kier alpha value is -1.92. The minimum Gasteiger partial charge on any atom is -0.371 e. The maximum atomic E-state index is 13.4. The van der Waals surface area contributed by atoms with Gasteiger partial charge in [-0.3, -0.25) is 4.79 Å². The van der Waals surface area contributed by atoms with Crippen LogP contribution >= 0.6 is 0 Å². The number of rotatable bonds is 5. The van der Waals surface area contributed by atoms with Crippen molar-refractivity contribution in [1.29, 1.82) is 0 Å². The molecule has 0 aliphatic heterocycles. The molecule has 2 N–H and O–H groups in total. The van der Waals surface area contributed by atoms with E-state index in [0.717, 1.165) is 6.07 Å². The average Bonchev–Trinajstić information content (AvgIpc) is 2.31. The SMILES string of the molecule is CNc1nc(NCCC(=O)N(C)C)c(F)cc1F. The van der Waals surface area contributed by atoms with Crippen molar-refractivity contribution in [3.8, 4) is 0 Å². The fourth-order valence-corrected chi connectivity index (χ4v) is 1.28. The van der Waals surface area contributed by atoms with Crippen LogP contribution in [0.2, 0.25) is 0 Å². The van der Waals surface area contributed by atoms with E-state index in [-0.39, 0.29) is 30.5 Å². The summed E-state index contributed by atoms with van der Waals surface area (Å²) in [7, 11) is 4.76. The van der Waals surface area contributed by atoms with Crippen LogP contribution in [0.1, 0.15) is 6.42 Å². The fraction of sp³-hybridized carbons (Fsp3) is 0.455. The average molecular weight is 258 g/mol. The standard InChI is InChI=1S/C11H16F2N4O/c1-14-10-7(12)6-8(13)11(16-10)15-5-4-9(18)17(2)3/h6H,4-5H2,1-3H3,(H2,14,15,16). The smallest absolute Gasteiger partial charge is 0.223 e. The van der Waals surface area contributed by atoms with Gasteiger partial charge in [0.25, 0.3) is 0 Å². The van der Waals surface area contributed by atoms with Gasteiger partial charge in [-0.25, -0.2) is 13.8 Å². The van der Waals surface area contributed by atoms with E-state index in [1.54, 1.807) is 14.1 Å². The van der Waals surface area contributed by atoms with E-state index in [4.69, 9.17) is 0 Å². The first kappa shape index (κ1) is 14.1. The maximum absolute atomic E-state index is 13.4. The van der Waals surface area contributed by atoms with E-state index in [1.165, 1.54) is 11.9 Å². The Balaban J connectivity index is 2.65. The van der Waals surface area contributed by atoms with Crippen LogP contribution in [-0.2, 0) is 4.79 Å². The zero-order valence-electron chi connectivity index (χ0n) is 10.6. The molecule has 0 atom stereocenters. The molecular formula is C11H16F2N4O. The van der Waals surface area contributed by atoms with E-state index in [0.29, 0.717) is 0 Å². The third kappa shape index (κ3) is 3.54. The number of anilines is 2. The van der Waals surface area contributed by atoms with Crippen LogP contribution in [0.5, 0.6) is 0 Å². The molecule has 0 radical (unpaired) electrons. The lowest BCUT2D eigenvalue weighted by Crippen LogP contribution is -2.24. The maximum Gasteiger partial charge on any atom is 0.223 e. The van der Waals surface area contributed by atoms with Crippen LogP contribution in [0.25, 0.3) is 0 Å². The first-order chi connectivity index (χ1) is 8.45. The summed E-state index contributed by atoms with van der Waals surface area (Å²) < 4.78 is 26.5. The molecule has 1 heterocycles. The van der Waals surface area contributed by atoms with Gasteiger partial charge in [-0.05, 0) is 0 Å². The van der Waals surface area contributed by atoms with Gasteiger partial charge in [0.05, 0.1) is 0 Å². The number of hydrogen-bond acceptors (Lipinski definition) is 4. The minimum atomic E-state index is -0.788. The minimum absolute atomic E-state index is 0.0437. The molecule has 0 aromatic carbocycles. The largest absolute Gasteiger partial charge is 0.371 e. The van der Waals surface area contributed by atoms with Gasteiger partial charge in [-0.15, -0.1) is 0 Å². The molecule has 0 bridgehead atoms. The van der Waals surface area contributed by atoms with Crippen molar-refractivity contribution in [2.24, 2.45) is 0 Å². The second-order valence-corrected chi connectivity index (χ2v) is 3.86. The van der Waals surface area contributed by atoms with Crippen molar-refractivity contribution < 1.29 is 13.6 Å². The predicted octanol–water partition coefficient (Wildman–Crippen LogP) is 1.29. The lowest BCUT2D eigenvalue weighted by molar-refractivity contribution is -0.128. The lowest BCUT2D eigenvalue weighted by Gasteiger charge is -2.12. The molecule has 0 saturated heterocycles. The number of nitrogens with one attached hydrogen (secondary N) is 2. The van der Waals surface area contributed by atoms with Gasteiger partial charge in [0.2, 0.25) is 5.91 Å². The van der Waals surface area contributed by atoms with E-state index >= 15 is 0 Å². The summed E-state index contributed by atoms with van der Waals surface area (Å²) in [6, 6.07) is 0.745. The summed E-state index contributed by atoms with van der Waals surface area (Å²) in [5.74, 6) is -1.75. The van der Waals surface area contributed by atoms with Crippen molar-refractivity contribution in [1.82, 2.24) is 9.88 Å². The second-order valence-electron chi connectivity index (χ2n) is 3.86. The number of carbonyl (C=O) groups is 1. The van der Waals surface area contributed by atoms with Crippen molar-refractivity contribution in [2.45, 2.75) is 6.42 Å². The number of hydrogen-bond donors (Lipinski definition) is 2. The molecule has 1 aromatic heterocycles. The van der Waals surface area contributed by atoms with Gasteiger partial charge >= 0.3 is 0 Å². The number of aromatic nitrogens is 1. The molecule has 100 valence electrons. The Labute approximate surface area is 104 Å². The lowest BCUT2D eigenvalue weighted by atomic mass is 10.3. The van der Waals surface area contributed by atoms with Crippen molar-refractivity contribution in [2.75, 3.05) is 38.3 Å². The number of amides is 1. The molecule has 0 spiro atoms. The first-order valence-electron chi connectivity index (χ1n) is 5.43.